The normalized spacial score (nSPS) is 21.0. The number of nitrogens with two attached hydrogens (primary N) is 1. The van der Waals surface area contributed by atoms with Crippen LogP contribution in [-0.4, -0.2) is 6.04 Å². The van der Waals surface area contributed by atoms with E-state index < -0.39 is 0 Å². The first-order valence-electron chi connectivity index (χ1n) is 6.97. The summed E-state index contributed by atoms with van der Waals surface area (Å²) in [6, 6.07) is 0.530. The van der Waals surface area contributed by atoms with Crippen LogP contribution in [0.25, 0.3) is 0 Å². The Morgan fingerprint density at radius 2 is 1.81 bits per heavy atom. The van der Waals surface area contributed by atoms with Gasteiger partial charge in [0, 0.05) is 6.04 Å². The van der Waals surface area contributed by atoms with E-state index in [2.05, 4.69) is 26.2 Å². The third-order valence-electron chi connectivity index (χ3n) is 3.82. The third-order valence-corrected chi connectivity index (χ3v) is 3.82. The Balaban J connectivity index is 2.25. The molecule has 0 spiro atoms. The predicted octanol–water partition coefficient (Wildman–Crippen LogP) is 3.62. The molecular weight excluding hydrogens is 196 g/mol. The summed E-state index contributed by atoms with van der Waals surface area (Å²) in [5.41, 5.74) is 3.45. The summed E-state index contributed by atoms with van der Waals surface area (Å²) in [5.74, 6) is 6.60. The van der Waals surface area contributed by atoms with Gasteiger partial charge in [0.1, 0.15) is 0 Å². The predicted molar refractivity (Wildman–Crippen MR) is 71.0 cm³/mol. The second kappa shape index (κ2) is 6.61. The molecule has 2 heteroatoms. The van der Waals surface area contributed by atoms with Crippen molar-refractivity contribution in [1.82, 2.24) is 5.43 Å². The van der Waals surface area contributed by atoms with Gasteiger partial charge >= 0.3 is 0 Å². The van der Waals surface area contributed by atoms with Crippen molar-refractivity contribution in [3.8, 4) is 0 Å². The van der Waals surface area contributed by atoms with Crippen molar-refractivity contribution in [2.45, 2.75) is 78.2 Å². The van der Waals surface area contributed by atoms with Crippen LogP contribution in [0.2, 0.25) is 0 Å². The molecule has 1 fully saturated rings. The first kappa shape index (κ1) is 14.0. The van der Waals surface area contributed by atoms with E-state index in [4.69, 9.17) is 5.84 Å². The lowest BCUT2D eigenvalue weighted by molar-refractivity contribution is 0.266. The van der Waals surface area contributed by atoms with Gasteiger partial charge in [-0.15, -0.1) is 0 Å². The van der Waals surface area contributed by atoms with E-state index in [0.29, 0.717) is 11.5 Å². The van der Waals surface area contributed by atoms with E-state index in [9.17, 15) is 0 Å². The Kier molecular flexibility index (Phi) is 5.77. The number of nitrogens with one attached hydrogen (secondary N) is 1. The van der Waals surface area contributed by atoms with Crippen molar-refractivity contribution in [2.24, 2.45) is 17.2 Å². The zero-order chi connectivity index (χ0) is 12.0. The Bertz CT molecular complexity index is 178. The molecule has 2 nitrogen and oxygen atoms in total. The summed E-state index contributed by atoms with van der Waals surface area (Å²) in [6.45, 7) is 6.92. The summed E-state index contributed by atoms with van der Waals surface area (Å²) in [6.07, 6.45) is 10.9. The van der Waals surface area contributed by atoms with Crippen LogP contribution in [0.15, 0.2) is 0 Å². The fourth-order valence-corrected chi connectivity index (χ4v) is 2.70. The molecule has 0 radical (unpaired) electrons. The van der Waals surface area contributed by atoms with Crippen LogP contribution in [0.4, 0.5) is 0 Å². The monoisotopic (exact) mass is 226 g/mol. The van der Waals surface area contributed by atoms with Gasteiger partial charge in [-0.25, -0.2) is 0 Å². The van der Waals surface area contributed by atoms with E-state index in [0.717, 1.165) is 5.92 Å². The molecule has 1 aliphatic carbocycles. The maximum absolute atomic E-state index is 5.67. The van der Waals surface area contributed by atoms with Crippen molar-refractivity contribution in [2.75, 3.05) is 0 Å². The van der Waals surface area contributed by atoms with Crippen LogP contribution < -0.4 is 11.3 Å². The van der Waals surface area contributed by atoms with Crippen molar-refractivity contribution >= 4 is 0 Å². The molecule has 1 atom stereocenters. The van der Waals surface area contributed by atoms with Crippen LogP contribution >= 0.6 is 0 Å². The average molecular weight is 226 g/mol. The molecule has 16 heavy (non-hydrogen) atoms. The number of hydrogen-bond acceptors (Lipinski definition) is 2. The summed E-state index contributed by atoms with van der Waals surface area (Å²) < 4.78 is 0. The topological polar surface area (TPSA) is 38.0 Å². The fourth-order valence-electron chi connectivity index (χ4n) is 2.70. The highest BCUT2D eigenvalue weighted by atomic mass is 15.2. The van der Waals surface area contributed by atoms with E-state index >= 15 is 0 Å². The molecule has 0 saturated heterocycles. The molecule has 0 bridgehead atoms. The van der Waals surface area contributed by atoms with E-state index in [1.165, 1.54) is 51.4 Å². The quantitative estimate of drug-likeness (QED) is 0.555. The highest BCUT2D eigenvalue weighted by Crippen LogP contribution is 2.29. The molecule has 0 aromatic rings. The van der Waals surface area contributed by atoms with Gasteiger partial charge in [0.05, 0.1) is 0 Å². The van der Waals surface area contributed by atoms with Gasteiger partial charge in [-0.05, 0) is 30.6 Å². The molecule has 96 valence electrons. The third kappa shape index (κ3) is 5.86. The average Bonchev–Trinajstić information content (AvgIpc) is 2.24. The summed E-state index contributed by atoms with van der Waals surface area (Å²) in [7, 11) is 0. The van der Waals surface area contributed by atoms with E-state index in [-0.39, 0.29) is 0 Å². The van der Waals surface area contributed by atoms with Gasteiger partial charge in [0.25, 0.3) is 0 Å². The van der Waals surface area contributed by atoms with Crippen LogP contribution in [0, 0.1) is 11.3 Å². The van der Waals surface area contributed by atoms with Crippen LogP contribution in [0.3, 0.4) is 0 Å². The zero-order valence-corrected chi connectivity index (χ0v) is 11.4. The first-order chi connectivity index (χ1) is 7.51. The van der Waals surface area contributed by atoms with Crippen molar-refractivity contribution in [3.05, 3.63) is 0 Å². The van der Waals surface area contributed by atoms with Crippen molar-refractivity contribution in [1.29, 1.82) is 0 Å². The van der Waals surface area contributed by atoms with Crippen LogP contribution in [0.5, 0.6) is 0 Å². The highest BCUT2D eigenvalue weighted by molar-refractivity contribution is 4.75. The summed E-state index contributed by atoms with van der Waals surface area (Å²) in [4.78, 5) is 0. The molecular formula is C14H30N2. The lowest BCUT2D eigenvalue weighted by Gasteiger charge is -2.28. The second-order valence-corrected chi connectivity index (χ2v) is 6.70. The maximum Gasteiger partial charge on any atom is 0.0213 e. The highest BCUT2D eigenvalue weighted by Gasteiger charge is 2.20. The van der Waals surface area contributed by atoms with Crippen LogP contribution in [-0.2, 0) is 0 Å². The molecule has 0 aliphatic heterocycles. The van der Waals surface area contributed by atoms with Gasteiger partial charge in [-0.2, -0.15) is 0 Å². The smallest absolute Gasteiger partial charge is 0.0213 e. The Morgan fingerprint density at radius 3 is 2.31 bits per heavy atom. The van der Waals surface area contributed by atoms with Crippen molar-refractivity contribution < 1.29 is 0 Å². The largest absolute Gasteiger partial charge is 0.271 e. The SMILES string of the molecule is CC(C)(C)CCC(CC1CCCCC1)NN. The van der Waals surface area contributed by atoms with E-state index in [1.54, 1.807) is 0 Å². The van der Waals surface area contributed by atoms with Gasteiger partial charge in [-0.3, -0.25) is 11.3 Å². The Morgan fingerprint density at radius 1 is 1.19 bits per heavy atom. The van der Waals surface area contributed by atoms with E-state index in [1.807, 2.05) is 0 Å². The van der Waals surface area contributed by atoms with Gasteiger partial charge < -0.3 is 0 Å². The molecule has 0 amide bonds. The molecule has 1 rings (SSSR count). The minimum atomic E-state index is 0.432. The lowest BCUT2D eigenvalue weighted by atomic mass is 9.82. The van der Waals surface area contributed by atoms with Gasteiger partial charge in [0.15, 0.2) is 0 Å². The molecule has 3 N–H and O–H groups in total. The number of rotatable bonds is 5. The first-order valence-corrected chi connectivity index (χ1v) is 6.97. The Hall–Kier alpha value is -0.0800. The lowest BCUT2D eigenvalue weighted by Crippen LogP contribution is -2.37. The van der Waals surface area contributed by atoms with Gasteiger partial charge in [0.2, 0.25) is 0 Å². The number of hydrogen-bond donors (Lipinski definition) is 2. The molecule has 1 saturated carbocycles. The molecule has 0 aromatic heterocycles. The minimum Gasteiger partial charge on any atom is -0.271 e. The molecule has 1 unspecified atom stereocenters. The Labute approximate surface area is 101 Å². The summed E-state index contributed by atoms with van der Waals surface area (Å²) >= 11 is 0. The standard InChI is InChI=1S/C14H30N2/c1-14(2,3)10-9-13(16-15)11-12-7-5-4-6-8-12/h12-13,16H,4-11,15H2,1-3H3. The fraction of sp³-hybridized carbons (Fsp3) is 1.00. The van der Waals surface area contributed by atoms with Gasteiger partial charge in [-0.1, -0.05) is 52.9 Å². The second-order valence-electron chi connectivity index (χ2n) is 6.70. The minimum absolute atomic E-state index is 0.432. The molecule has 1 aliphatic rings. The summed E-state index contributed by atoms with van der Waals surface area (Å²) in [5, 5.41) is 0. The zero-order valence-electron chi connectivity index (χ0n) is 11.4. The molecule has 0 aromatic carbocycles. The number of hydrazine groups is 1. The maximum atomic E-state index is 5.67. The van der Waals surface area contributed by atoms with Crippen molar-refractivity contribution in [3.63, 3.8) is 0 Å². The molecule has 0 heterocycles. The van der Waals surface area contributed by atoms with Crippen LogP contribution in [0.1, 0.15) is 72.1 Å².